The Morgan fingerprint density at radius 2 is 1.91 bits per heavy atom. The van der Waals surface area contributed by atoms with E-state index in [0.717, 1.165) is 0 Å². The van der Waals surface area contributed by atoms with E-state index in [2.05, 4.69) is 31.0 Å². The van der Waals surface area contributed by atoms with Gasteiger partial charge in [-0.25, -0.2) is 14.4 Å². The van der Waals surface area contributed by atoms with Gasteiger partial charge < -0.3 is 25.6 Å². The number of hydrogen-bond donors (Lipinski definition) is 3. The molecule has 3 heterocycles. The quantitative estimate of drug-likeness (QED) is 0.461. The van der Waals surface area contributed by atoms with Gasteiger partial charge in [-0.15, -0.1) is 0 Å². The molecule has 1 aromatic carbocycles. The van der Waals surface area contributed by atoms with E-state index < -0.39 is 5.82 Å². The lowest BCUT2D eigenvalue weighted by Gasteiger charge is -2.26. The maximum absolute atomic E-state index is 15.2. The average Bonchev–Trinajstić information content (AvgIpc) is 3.30. The van der Waals surface area contributed by atoms with Crippen LogP contribution in [0.5, 0.6) is 0 Å². The summed E-state index contributed by atoms with van der Waals surface area (Å²) in [6, 6.07) is 3.13. The average molecular weight is 469 g/mol. The molecule has 1 amide bonds. The second kappa shape index (κ2) is 10.6. The van der Waals surface area contributed by atoms with Crippen LogP contribution in [-0.2, 0) is 11.8 Å². The fourth-order valence-electron chi connectivity index (χ4n) is 3.53. The molecule has 1 fully saturated rings. The number of morpholine rings is 1. The zero-order valence-electron chi connectivity index (χ0n) is 19.5. The number of halogens is 1. The van der Waals surface area contributed by atoms with Crippen molar-refractivity contribution in [1.29, 1.82) is 0 Å². The molecule has 1 aliphatic heterocycles. The number of carbonyl (C=O) groups excluding carboxylic acids is 1. The van der Waals surface area contributed by atoms with Crippen molar-refractivity contribution in [3.63, 3.8) is 0 Å². The van der Waals surface area contributed by atoms with Crippen molar-refractivity contribution in [2.45, 2.75) is 13.0 Å². The lowest BCUT2D eigenvalue weighted by atomic mass is 10.1. The summed E-state index contributed by atoms with van der Waals surface area (Å²) in [4.78, 5) is 23.7. The maximum atomic E-state index is 15.2. The Morgan fingerprint density at radius 1 is 1.18 bits per heavy atom. The predicted octanol–water partition coefficient (Wildman–Crippen LogP) is 2.12. The highest BCUT2D eigenvalue weighted by molar-refractivity contribution is 6.06. The van der Waals surface area contributed by atoms with Crippen LogP contribution in [0.4, 0.5) is 21.7 Å². The van der Waals surface area contributed by atoms with Gasteiger partial charge in [-0.05, 0) is 26.1 Å². The number of amides is 1. The molecule has 3 N–H and O–H groups in total. The Bertz CT molecular complexity index is 1130. The molecule has 0 aliphatic carbocycles. The first-order valence-electron chi connectivity index (χ1n) is 11.1. The third-order valence-corrected chi connectivity index (χ3v) is 5.66. The number of benzene rings is 1. The molecular formula is C23H29FN8O2. The van der Waals surface area contributed by atoms with E-state index in [1.165, 1.54) is 12.3 Å². The van der Waals surface area contributed by atoms with Crippen LogP contribution in [0.2, 0.25) is 0 Å². The Morgan fingerprint density at radius 3 is 2.56 bits per heavy atom. The summed E-state index contributed by atoms with van der Waals surface area (Å²) in [6.07, 6.45) is 6.29. The van der Waals surface area contributed by atoms with Crippen LogP contribution < -0.4 is 20.9 Å². The molecule has 1 aliphatic rings. The number of carbonyl (C=O) groups is 1. The molecule has 0 unspecified atom stereocenters. The second-order valence-electron chi connectivity index (χ2n) is 8.18. The summed E-state index contributed by atoms with van der Waals surface area (Å²) in [6.45, 7) is 5.22. The van der Waals surface area contributed by atoms with Gasteiger partial charge in [-0.2, -0.15) is 5.10 Å². The largest absolute Gasteiger partial charge is 0.382 e. The smallest absolute Gasteiger partial charge is 0.258 e. The van der Waals surface area contributed by atoms with Crippen molar-refractivity contribution in [1.82, 2.24) is 25.1 Å². The van der Waals surface area contributed by atoms with Gasteiger partial charge in [0.25, 0.3) is 5.91 Å². The second-order valence-corrected chi connectivity index (χ2v) is 8.18. The topological polar surface area (TPSA) is 109 Å². The number of aryl methyl sites for hydroxylation is 1. The zero-order chi connectivity index (χ0) is 24.1. The Balaban J connectivity index is 1.63. The molecule has 11 heteroatoms. The molecule has 0 saturated carbocycles. The van der Waals surface area contributed by atoms with Gasteiger partial charge >= 0.3 is 0 Å². The normalized spacial score (nSPS) is 14.6. The van der Waals surface area contributed by atoms with Crippen LogP contribution >= 0.6 is 0 Å². The Kier molecular flexibility index (Phi) is 7.33. The first-order chi connectivity index (χ1) is 16.4. The molecule has 1 atom stereocenters. The van der Waals surface area contributed by atoms with E-state index in [4.69, 9.17) is 4.74 Å². The summed E-state index contributed by atoms with van der Waals surface area (Å²) in [5, 5.41) is 13.3. The van der Waals surface area contributed by atoms with Gasteiger partial charge in [0.05, 0.1) is 36.3 Å². The van der Waals surface area contributed by atoms with E-state index in [0.29, 0.717) is 66.9 Å². The van der Waals surface area contributed by atoms with E-state index in [1.807, 2.05) is 18.9 Å². The molecule has 4 rings (SSSR count). The number of anilines is 3. The summed E-state index contributed by atoms with van der Waals surface area (Å²) in [5.74, 6) is -0.201. The minimum atomic E-state index is -0.443. The number of nitrogens with zero attached hydrogens (tertiary/aromatic N) is 5. The van der Waals surface area contributed by atoms with Crippen LogP contribution in [-0.4, -0.2) is 71.6 Å². The molecule has 10 nitrogen and oxygen atoms in total. The van der Waals surface area contributed by atoms with Crippen LogP contribution in [0.25, 0.3) is 11.1 Å². The highest BCUT2D eigenvalue weighted by atomic mass is 19.1. The van der Waals surface area contributed by atoms with Gasteiger partial charge in [0.2, 0.25) is 5.95 Å². The van der Waals surface area contributed by atoms with E-state index in [-0.39, 0.29) is 11.9 Å². The van der Waals surface area contributed by atoms with Crippen molar-refractivity contribution >= 4 is 23.2 Å². The third kappa shape index (κ3) is 5.49. The summed E-state index contributed by atoms with van der Waals surface area (Å²) in [7, 11) is 3.58. The van der Waals surface area contributed by atoms with Crippen LogP contribution in [0.1, 0.15) is 17.3 Å². The van der Waals surface area contributed by atoms with E-state index in [9.17, 15) is 4.79 Å². The number of aromatic nitrogens is 4. The van der Waals surface area contributed by atoms with Gasteiger partial charge in [0, 0.05) is 62.4 Å². The standard InChI is InChI=1S/C23H29FN8O2/c1-15(25-2)10-26-20-9-19(24)18(8-21(20)30-22(33)17-13-29-31(3)14-17)16-11-27-23(28-12-16)32-4-6-34-7-5-32/h8-9,11-15,25-26H,4-7,10H2,1-3H3,(H,30,33)/t15-/m0/s1. The molecular weight excluding hydrogens is 439 g/mol. The monoisotopic (exact) mass is 468 g/mol. The van der Waals surface area contributed by atoms with E-state index in [1.54, 1.807) is 36.4 Å². The van der Waals surface area contributed by atoms with Crippen molar-refractivity contribution in [3.05, 3.63) is 48.3 Å². The summed E-state index contributed by atoms with van der Waals surface area (Å²) < 4.78 is 22.1. The Labute approximate surface area is 197 Å². The number of ether oxygens (including phenoxy) is 1. The maximum Gasteiger partial charge on any atom is 0.258 e. The van der Waals surface area contributed by atoms with Gasteiger partial charge in [0.15, 0.2) is 0 Å². The van der Waals surface area contributed by atoms with Gasteiger partial charge in [-0.1, -0.05) is 0 Å². The predicted molar refractivity (Wildman–Crippen MR) is 129 cm³/mol. The zero-order valence-corrected chi connectivity index (χ0v) is 19.5. The van der Waals surface area contributed by atoms with Crippen molar-refractivity contribution < 1.29 is 13.9 Å². The highest BCUT2D eigenvalue weighted by Gasteiger charge is 2.18. The van der Waals surface area contributed by atoms with Crippen LogP contribution in [0.3, 0.4) is 0 Å². The van der Waals surface area contributed by atoms with Crippen molar-refractivity contribution in [2.75, 3.05) is 55.4 Å². The summed E-state index contributed by atoms with van der Waals surface area (Å²) in [5.41, 5.74) is 2.14. The third-order valence-electron chi connectivity index (χ3n) is 5.66. The molecule has 3 aromatic rings. The fourth-order valence-corrected chi connectivity index (χ4v) is 3.53. The molecule has 0 radical (unpaired) electrons. The number of nitrogens with one attached hydrogen (secondary N) is 3. The van der Waals surface area contributed by atoms with Gasteiger partial charge in [0.1, 0.15) is 5.82 Å². The fraction of sp³-hybridized carbons (Fsp3) is 0.391. The summed E-state index contributed by atoms with van der Waals surface area (Å²) >= 11 is 0. The Hall–Kier alpha value is -3.57. The van der Waals surface area contributed by atoms with Crippen molar-refractivity contribution in [3.8, 4) is 11.1 Å². The van der Waals surface area contributed by atoms with Crippen LogP contribution in [0.15, 0.2) is 36.9 Å². The minimum Gasteiger partial charge on any atom is -0.382 e. The molecule has 1 saturated heterocycles. The van der Waals surface area contributed by atoms with Crippen molar-refractivity contribution in [2.24, 2.45) is 7.05 Å². The lowest BCUT2D eigenvalue weighted by Crippen LogP contribution is -2.37. The molecule has 0 spiro atoms. The van der Waals surface area contributed by atoms with E-state index >= 15 is 4.39 Å². The van der Waals surface area contributed by atoms with Crippen LogP contribution in [0, 0.1) is 5.82 Å². The highest BCUT2D eigenvalue weighted by Crippen LogP contribution is 2.32. The first kappa shape index (κ1) is 23.6. The number of hydrogen-bond acceptors (Lipinski definition) is 8. The first-order valence-corrected chi connectivity index (χ1v) is 11.1. The lowest BCUT2D eigenvalue weighted by molar-refractivity contribution is 0.102. The molecule has 180 valence electrons. The molecule has 2 aromatic heterocycles. The SMILES string of the molecule is CN[C@@H](C)CNc1cc(F)c(-c2cnc(N3CCOCC3)nc2)cc1NC(=O)c1cnn(C)c1. The molecule has 0 bridgehead atoms. The number of likely N-dealkylation sites (N-methyl/N-ethyl adjacent to an activating group) is 1. The number of rotatable bonds is 8. The molecule has 34 heavy (non-hydrogen) atoms. The van der Waals surface area contributed by atoms with Gasteiger partial charge in [-0.3, -0.25) is 9.48 Å². The minimum absolute atomic E-state index is 0.144.